The largest absolute Gasteiger partial charge is 0.386 e. The summed E-state index contributed by atoms with van der Waals surface area (Å²) in [6.45, 7) is -0.0117. The number of ether oxygens (including phenoxy) is 3. The maximum atomic E-state index is 12.8. The molecule has 0 unspecified atom stereocenters. The summed E-state index contributed by atoms with van der Waals surface area (Å²) in [7, 11) is 0. The summed E-state index contributed by atoms with van der Waals surface area (Å²) >= 11 is 19.9. The molecule has 0 saturated carbocycles. The van der Waals surface area contributed by atoms with Crippen molar-refractivity contribution in [3.05, 3.63) is 243 Å². The summed E-state index contributed by atoms with van der Waals surface area (Å²) in [6, 6.07) is 63.9. The number of aliphatic hydroxyl groups excluding tert-OH is 1. The summed E-state index contributed by atoms with van der Waals surface area (Å²) in [5, 5.41) is 13.5. The topological polar surface area (TPSA) is 65.7 Å². The van der Waals surface area contributed by atoms with E-state index < -0.39 is 35.7 Å². The van der Waals surface area contributed by atoms with E-state index in [9.17, 15) is 5.11 Å². The van der Waals surface area contributed by atoms with Crippen LogP contribution in [0.5, 0.6) is 0 Å². The van der Waals surface area contributed by atoms with Gasteiger partial charge >= 0.3 is 0 Å². The molecule has 9 heteroatoms. The monoisotopic (exact) mass is 836 g/mol. The number of benzene rings is 7. The summed E-state index contributed by atoms with van der Waals surface area (Å²) in [4.78, 5) is 4.59. The van der Waals surface area contributed by atoms with E-state index in [-0.39, 0.29) is 11.9 Å². The molecule has 294 valence electrons. The lowest BCUT2D eigenvalue weighted by atomic mass is 9.79. The Balaban J connectivity index is 1.23. The van der Waals surface area contributed by atoms with Crippen LogP contribution in [0.3, 0.4) is 0 Å². The Labute approximate surface area is 358 Å². The van der Waals surface area contributed by atoms with E-state index in [1.807, 2.05) is 146 Å². The maximum Gasteiger partial charge on any atom is 0.206 e. The second kappa shape index (κ2) is 16.8. The molecule has 59 heavy (non-hydrogen) atoms. The molecule has 6 nitrogen and oxygen atoms in total. The molecule has 8 aromatic rings. The molecule has 7 aromatic carbocycles. The molecule has 1 saturated heterocycles. The summed E-state index contributed by atoms with van der Waals surface area (Å²) in [5.41, 5.74) is 4.13. The molecular formula is C50H39Cl3N2O4. The molecule has 2 heterocycles. The van der Waals surface area contributed by atoms with Crippen LogP contribution in [0.2, 0.25) is 15.3 Å². The number of halogens is 3. The van der Waals surface area contributed by atoms with Gasteiger partial charge < -0.3 is 19.3 Å². The summed E-state index contributed by atoms with van der Waals surface area (Å²) in [6.07, 6.45) is -4.22. The normalized spacial score (nSPS) is 18.3. The van der Waals surface area contributed by atoms with E-state index in [1.54, 1.807) is 16.7 Å². The minimum Gasteiger partial charge on any atom is -0.386 e. The first-order chi connectivity index (χ1) is 28.9. The van der Waals surface area contributed by atoms with Crippen molar-refractivity contribution < 1.29 is 19.3 Å². The highest BCUT2D eigenvalue weighted by molar-refractivity contribution is 6.42. The lowest BCUT2D eigenvalue weighted by molar-refractivity contribution is -0.131. The predicted molar refractivity (Wildman–Crippen MR) is 234 cm³/mol. The first-order valence-electron chi connectivity index (χ1n) is 19.4. The Kier molecular flexibility index (Phi) is 11.1. The van der Waals surface area contributed by atoms with Crippen molar-refractivity contribution in [3.8, 4) is 0 Å². The average Bonchev–Trinajstić information content (AvgIpc) is 3.77. The Hall–Kier alpha value is -5.28. The molecule has 0 amide bonds. The van der Waals surface area contributed by atoms with Crippen molar-refractivity contribution >= 4 is 45.8 Å². The third kappa shape index (κ3) is 7.15. The molecule has 1 N–H and O–H groups in total. The van der Waals surface area contributed by atoms with Crippen LogP contribution in [0, 0.1) is 0 Å². The Morgan fingerprint density at radius 3 is 1.32 bits per heavy atom. The smallest absolute Gasteiger partial charge is 0.206 e. The van der Waals surface area contributed by atoms with Gasteiger partial charge in [-0.15, -0.1) is 0 Å². The Morgan fingerprint density at radius 2 is 0.915 bits per heavy atom. The van der Waals surface area contributed by atoms with Gasteiger partial charge in [0.1, 0.15) is 29.5 Å². The van der Waals surface area contributed by atoms with E-state index in [1.165, 1.54) is 0 Å². The second-order valence-electron chi connectivity index (χ2n) is 14.5. The third-order valence-electron chi connectivity index (χ3n) is 11.1. The van der Waals surface area contributed by atoms with E-state index >= 15 is 0 Å². The molecule has 0 spiro atoms. The van der Waals surface area contributed by atoms with Crippen molar-refractivity contribution in [2.45, 2.75) is 35.7 Å². The van der Waals surface area contributed by atoms with Crippen molar-refractivity contribution in [1.29, 1.82) is 0 Å². The van der Waals surface area contributed by atoms with E-state index in [0.717, 1.165) is 33.4 Å². The van der Waals surface area contributed by atoms with Crippen LogP contribution in [0.4, 0.5) is 0 Å². The van der Waals surface area contributed by atoms with Crippen LogP contribution in [0.15, 0.2) is 194 Å². The van der Waals surface area contributed by atoms with Crippen molar-refractivity contribution in [3.63, 3.8) is 0 Å². The maximum absolute atomic E-state index is 12.8. The lowest BCUT2D eigenvalue weighted by Crippen LogP contribution is -2.46. The van der Waals surface area contributed by atoms with Gasteiger partial charge in [0.15, 0.2) is 6.23 Å². The summed E-state index contributed by atoms with van der Waals surface area (Å²) in [5.74, 6) is 0. The number of imidazole rings is 1. The van der Waals surface area contributed by atoms with Gasteiger partial charge in [0.2, 0.25) is 5.28 Å². The number of aliphatic hydroxyl groups is 1. The van der Waals surface area contributed by atoms with E-state index in [2.05, 4.69) is 41.4 Å². The first-order valence-corrected chi connectivity index (χ1v) is 20.5. The molecule has 1 fully saturated rings. The predicted octanol–water partition coefficient (Wildman–Crippen LogP) is 11.6. The molecular weight excluding hydrogens is 799 g/mol. The van der Waals surface area contributed by atoms with Crippen LogP contribution in [0.1, 0.15) is 39.6 Å². The SMILES string of the molecule is O[C@@H]1[C@H](OC(c2ccccc2)(c2ccccc2)c2ccccc2)[C@@H](COC(c2ccccc2)(c2ccccc2)c2ccccc2)O[C@H]1n1c(Cl)nc2cc(Cl)c(Cl)cc21. The summed E-state index contributed by atoms with van der Waals surface area (Å²) < 4.78 is 23.7. The van der Waals surface area contributed by atoms with Gasteiger partial charge in [-0.2, -0.15) is 0 Å². The van der Waals surface area contributed by atoms with Gasteiger partial charge in [-0.1, -0.05) is 205 Å². The van der Waals surface area contributed by atoms with Crippen LogP contribution in [0.25, 0.3) is 11.0 Å². The van der Waals surface area contributed by atoms with Gasteiger partial charge in [0, 0.05) is 0 Å². The fourth-order valence-corrected chi connectivity index (χ4v) is 9.01. The molecule has 0 radical (unpaired) electrons. The van der Waals surface area contributed by atoms with Gasteiger partial charge in [-0.25, -0.2) is 4.98 Å². The number of hydrogen-bond donors (Lipinski definition) is 1. The number of nitrogens with zero attached hydrogens (tertiary/aromatic N) is 2. The highest BCUT2D eigenvalue weighted by Crippen LogP contribution is 2.48. The zero-order chi connectivity index (χ0) is 40.4. The number of fused-ring (bicyclic) bond motifs is 1. The molecule has 0 bridgehead atoms. The van der Waals surface area contributed by atoms with E-state index in [4.69, 9.17) is 49.0 Å². The minimum atomic E-state index is -1.29. The molecule has 9 rings (SSSR count). The molecule has 4 atom stereocenters. The van der Waals surface area contributed by atoms with Crippen molar-refractivity contribution in [2.75, 3.05) is 6.61 Å². The molecule has 1 aliphatic heterocycles. The number of hydrogen-bond acceptors (Lipinski definition) is 5. The zero-order valence-corrected chi connectivity index (χ0v) is 34.0. The second-order valence-corrected chi connectivity index (χ2v) is 15.7. The van der Waals surface area contributed by atoms with Crippen LogP contribution in [-0.2, 0) is 25.4 Å². The average molecular weight is 838 g/mol. The fourth-order valence-electron chi connectivity index (χ4n) is 8.42. The van der Waals surface area contributed by atoms with Crippen LogP contribution in [-0.4, -0.2) is 39.6 Å². The lowest BCUT2D eigenvalue weighted by Gasteiger charge is -2.41. The van der Waals surface area contributed by atoms with Gasteiger partial charge in [-0.05, 0) is 57.1 Å². The standard InChI is InChI=1S/C50H39Cl3N2O4/c51-40-31-42-43(32-41(40)52)55(48(53)54-42)47-45(56)46(59-50(37-25-13-4-14-26-37,38-27-15-5-16-28-38)39-29-17-6-18-30-39)44(58-47)33-57-49(34-19-7-1-8-20-34,35-21-9-2-10-22-35)36-23-11-3-12-24-36/h1-32,44-47,56H,33H2/t44-,45-,46-,47-/m1/s1. The van der Waals surface area contributed by atoms with Crippen molar-refractivity contribution in [1.82, 2.24) is 9.55 Å². The number of rotatable bonds is 12. The van der Waals surface area contributed by atoms with Gasteiger partial charge in [0.05, 0.1) is 27.7 Å². The van der Waals surface area contributed by atoms with Gasteiger partial charge in [-0.3, -0.25) is 4.57 Å². The molecule has 1 aliphatic rings. The quantitative estimate of drug-likeness (QED) is 0.124. The minimum absolute atomic E-state index is 0.0117. The Bertz CT molecular complexity index is 2440. The van der Waals surface area contributed by atoms with Crippen molar-refractivity contribution in [2.24, 2.45) is 0 Å². The third-order valence-corrected chi connectivity index (χ3v) is 12.1. The molecule has 0 aliphatic carbocycles. The highest BCUT2D eigenvalue weighted by Gasteiger charge is 2.53. The highest BCUT2D eigenvalue weighted by atomic mass is 35.5. The fraction of sp³-hybridized carbons (Fsp3) is 0.140. The zero-order valence-electron chi connectivity index (χ0n) is 31.7. The van der Waals surface area contributed by atoms with Crippen LogP contribution >= 0.6 is 34.8 Å². The Morgan fingerprint density at radius 1 is 0.542 bits per heavy atom. The first kappa shape index (κ1) is 39.2. The van der Waals surface area contributed by atoms with Crippen LogP contribution < -0.4 is 0 Å². The van der Waals surface area contributed by atoms with E-state index in [0.29, 0.717) is 21.1 Å². The molecule has 1 aromatic heterocycles. The number of aromatic nitrogens is 2. The van der Waals surface area contributed by atoms with Gasteiger partial charge in [0.25, 0.3) is 0 Å².